The molecule has 0 radical (unpaired) electrons. The van der Waals surface area contributed by atoms with Gasteiger partial charge < -0.3 is 98.1 Å². The molecule has 4 heterocycles. The summed E-state index contributed by atoms with van der Waals surface area (Å²) in [5.41, 5.74) is 0. The predicted molar refractivity (Wildman–Crippen MR) is 248 cm³/mol. The Morgan fingerprint density at radius 1 is 0.493 bits per heavy atom. The van der Waals surface area contributed by atoms with Crippen molar-refractivity contribution in [3.8, 4) is 0 Å². The second-order valence-electron chi connectivity index (χ2n) is 19.6. The highest BCUT2D eigenvalue weighted by Crippen LogP contribution is 2.37. The van der Waals surface area contributed by atoms with E-state index in [1.807, 2.05) is 0 Å². The summed E-state index contributed by atoms with van der Waals surface area (Å²) in [5.74, 6) is -1.57. The van der Waals surface area contributed by atoms with E-state index in [0.717, 1.165) is 84.0 Å². The molecule has 414 valence electrons. The molecule has 4 fully saturated rings. The van der Waals surface area contributed by atoms with Gasteiger partial charge in [0.2, 0.25) is 0 Å². The number of ether oxygens (including phenoxy) is 10. The Labute approximate surface area is 417 Å². The van der Waals surface area contributed by atoms with E-state index in [1.165, 1.54) is 13.8 Å². The molecule has 0 aliphatic carbocycles. The zero-order chi connectivity index (χ0) is 52.4. The lowest BCUT2D eigenvalue weighted by molar-refractivity contribution is -0.397. The third kappa shape index (κ3) is 18.3. The van der Waals surface area contributed by atoms with Crippen LogP contribution in [0.5, 0.6) is 0 Å². The van der Waals surface area contributed by atoms with Gasteiger partial charge in [0.25, 0.3) is 0 Å². The number of aliphatic hydroxyl groups excluding tert-OH is 9. The van der Waals surface area contributed by atoms with Gasteiger partial charge in [-0.3, -0.25) is 9.59 Å². The fourth-order valence-corrected chi connectivity index (χ4v) is 9.31. The number of Topliss-reactive ketones (excluding diaryl/α,β-unsaturated/α-hetero) is 1. The lowest BCUT2D eigenvalue weighted by Gasteiger charge is -2.50. The lowest BCUT2D eigenvalue weighted by Crippen LogP contribution is -2.68. The van der Waals surface area contributed by atoms with Crippen LogP contribution in [-0.4, -0.2) is 206 Å². The highest BCUT2D eigenvalue weighted by atomic mass is 16.8. The summed E-state index contributed by atoms with van der Waals surface area (Å²) in [6.07, 6.45) is -19.7. The first-order valence-corrected chi connectivity index (χ1v) is 25.9. The fourth-order valence-electron chi connectivity index (χ4n) is 9.31. The highest BCUT2D eigenvalue weighted by Gasteiger charge is 2.57. The van der Waals surface area contributed by atoms with Crippen LogP contribution in [0.2, 0.25) is 0 Å². The maximum Gasteiger partial charge on any atom is 0.306 e. The molecule has 0 bridgehead atoms. The Bertz CT molecular complexity index is 1540. The number of aliphatic hydroxyl groups is 9. The maximum absolute atomic E-state index is 13.5. The molecule has 0 aromatic carbocycles. The number of carbonyl (C=O) groups is 3. The van der Waals surface area contributed by atoms with Gasteiger partial charge in [-0.2, -0.15) is 0 Å². The van der Waals surface area contributed by atoms with Crippen LogP contribution >= 0.6 is 0 Å². The van der Waals surface area contributed by atoms with Crippen LogP contribution in [0, 0.1) is 0 Å². The van der Waals surface area contributed by atoms with Crippen molar-refractivity contribution in [3.63, 3.8) is 0 Å². The first-order chi connectivity index (χ1) is 33.8. The van der Waals surface area contributed by atoms with E-state index in [9.17, 15) is 60.3 Å². The quantitative estimate of drug-likeness (QED) is 0.0359. The number of carbonyl (C=O) groups excluding carboxylic acids is 3. The SMILES string of the molecule is CCCCCCCCCC(CCCCCCCC(C)=O)O[C@@H]1O[C@H](CO)[C@@H](O)[C@H](O)[C@H]1O[C@@H]1O[C@H](CO[C@@H]2O[C@H](C)[C@H](O)[C@H](O)[C@@H]2O)[C@@H](OC(C)=O)[C@H](OC(=O)CCC)[C@H]1O[C@@H]1O[C@@H](C)[C@H](O)[C@@H](O)[C@@H]1O. The van der Waals surface area contributed by atoms with Crippen LogP contribution in [-0.2, 0) is 61.8 Å². The molecule has 4 aliphatic rings. The second kappa shape index (κ2) is 31.1. The van der Waals surface area contributed by atoms with Crippen LogP contribution in [0.1, 0.15) is 151 Å². The van der Waals surface area contributed by atoms with E-state index in [4.69, 9.17) is 47.4 Å². The number of unbranched alkanes of at least 4 members (excludes halogenated alkanes) is 10. The van der Waals surface area contributed by atoms with Gasteiger partial charge in [0.1, 0.15) is 72.9 Å². The molecular weight excluding hydrogens is 941 g/mol. The van der Waals surface area contributed by atoms with Crippen molar-refractivity contribution in [2.45, 2.75) is 280 Å². The van der Waals surface area contributed by atoms with Gasteiger partial charge in [0.05, 0.1) is 31.5 Å². The largest absolute Gasteiger partial charge is 0.456 e. The molecule has 71 heavy (non-hydrogen) atoms. The number of hydrogen-bond donors (Lipinski definition) is 9. The standard InChI is InChI=1S/C49H86O22/c1-7-9-10-11-12-15-18-22-30(23-19-16-13-14-17-21-26(3)51)66-48-43(39(59)36(56)31(24-50)67-48)70-49-45(71-47-41(61)38(58)35(55)28(5)64-47)44(69-33(53)20-8-2)42(65-29(6)52)32(68-49)25-62-46-40(60)37(57)34(54)27(4)63-46/h27-28,30-32,34-50,54-61H,7-25H2,1-6H3/t27-,28+,30?,31-,32-,34+,35+,36-,37+,38-,39+,40+,41+,42-,43-,44+,45-,46-,47+,48-,49+/m1/s1. The first-order valence-electron chi connectivity index (χ1n) is 25.9. The molecule has 1 unspecified atom stereocenters. The minimum atomic E-state index is -1.93. The summed E-state index contributed by atoms with van der Waals surface area (Å²) in [5, 5.41) is 97.7. The number of rotatable bonds is 30. The molecule has 0 amide bonds. The van der Waals surface area contributed by atoms with Gasteiger partial charge in [-0.05, 0) is 46.5 Å². The average Bonchev–Trinajstić information content (AvgIpc) is 3.32. The Kier molecular flexibility index (Phi) is 26.9. The lowest BCUT2D eigenvalue weighted by atomic mass is 9.95. The Hall–Kier alpha value is -2.07. The molecule has 21 atom stereocenters. The minimum absolute atomic E-state index is 0.141. The van der Waals surface area contributed by atoms with E-state index >= 15 is 0 Å². The van der Waals surface area contributed by atoms with Crippen molar-refractivity contribution in [1.82, 2.24) is 0 Å². The molecule has 22 heteroatoms. The normalized spacial score (nSPS) is 38.1. The van der Waals surface area contributed by atoms with Crippen LogP contribution in [0.4, 0.5) is 0 Å². The van der Waals surface area contributed by atoms with Gasteiger partial charge in [-0.25, -0.2) is 0 Å². The van der Waals surface area contributed by atoms with E-state index in [1.54, 1.807) is 13.8 Å². The zero-order valence-corrected chi connectivity index (χ0v) is 42.4. The molecule has 0 aromatic heterocycles. The summed E-state index contributed by atoms with van der Waals surface area (Å²) in [7, 11) is 0. The van der Waals surface area contributed by atoms with Crippen molar-refractivity contribution in [2.75, 3.05) is 13.2 Å². The molecule has 4 aliphatic heterocycles. The summed E-state index contributed by atoms with van der Waals surface area (Å²) in [6.45, 7) is 7.97. The minimum Gasteiger partial charge on any atom is -0.456 e. The molecule has 4 saturated heterocycles. The number of hydrogen-bond acceptors (Lipinski definition) is 22. The average molecular weight is 1030 g/mol. The summed E-state index contributed by atoms with van der Waals surface area (Å²) >= 11 is 0. The molecular formula is C49H86O22. The topological polar surface area (TPSA) is 326 Å². The Morgan fingerprint density at radius 2 is 1.03 bits per heavy atom. The van der Waals surface area contributed by atoms with Crippen molar-refractivity contribution >= 4 is 17.7 Å². The van der Waals surface area contributed by atoms with Crippen molar-refractivity contribution in [3.05, 3.63) is 0 Å². The van der Waals surface area contributed by atoms with Crippen LogP contribution in [0.3, 0.4) is 0 Å². The van der Waals surface area contributed by atoms with E-state index in [2.05, 4.69) is 6.92 Å². The van der Waals surface area contributed by atoms with Gasteiger partial charge in [-0.15, -0.1) is 0 Å². The van der Waals surface area contributed by atoms with E-state index in [-0.39, 0.29) is 12.2 Å². The van der Waals surface area contributed by atoms with Crippen LogP contribution in [0.15, 0.2) is 0 Å². The van der Waals surface area contributed by atoms with Crippen molar-refractivity contribution in [2.24, 2.45) is 0 Å². The molecule has 0 aromatic rings. The molecule has 0 saturated carbocycles. The van der Waals surface area contributed by atoms with Crippen molar-refractivity contribution in [1.29, 1.82) is 0 Å². The number of esters is 2. The van der Waals surface area contributed by atoms with Gasteiger partial charge in [-0.1, -0.05) is 84.5 Å². The van der Waals surface area contributed by atoms with Crippen LogP contribution in [0.25, 0.3) is 0 Å². The molecule has 4 rings (SSSR count). The second-order valence-corrected chi connectivity index (χ2v) is 19.6. The summed E-state index contributed by atoms with van der Waals surface area (Å²) < 4.78 is 61.2. The predicted octanol–water partition coefficient (Wildman–Crippen LogP) is 1.08. The smallest absolute Gasteiger partial charge is 0.306 e. The summed E-state index contributed by atoms with van der Waals surface area (Å²) in [4.78, 5) is 37.8. The van der Waals surface area contributed by atoms with Gasteiger partial charge in [0.15, 0.2) is 43.5 Å². The first kappa shape index (κ1) is 61.5. The van der Waals surface area contributed by atoms with Gasteiger partial charge in [0, 0.05) is 19.8 Å². The third-order valence-corrected chi connectivity index (χ3v) is 13.6. The van der Waals surface area contributed by atoms with Crippen LogP contribution < -0.4 is 0 Å². The van der Waals surface area contributed by atoms with E-state index in [0.29, 0.717) is 25.7 Å². The highest BCUT2D eigenvalue weighted by molar-refractivity contribution is 5.75. The number of ketones is 1. The zero-order valence-electron chi connectivity index (χ0n) is 42.4. The molecule has 0 spiro atoms. The van der Waals surface area contributed by atoms with E-state index < -0.39 is 154 Å². The Balaban J connectivity index is 1.74. The van der Waals surface area contributed by atoms with Crippen molar-refractivity contribution < 1.29 is 108 Å². The Morgan fingerprint density at radius 3 is 1.59 bits per heavy atom. The monoisotopic (exact) mass is 1030 g/mol. The van der Waals surface area contributed by atoms with Gasteiger partial charge >= 0.3 is 11.9 Å². The maximum atomic E-state index is 13.5. The fraction of sp³-hybridized carbons (Fsp3) is 0.939. The molecule has 22 nitrogen and oxygen atoms in total. The summed E-state index contributed by atoms with van der Waals surface area (Å²) in [6, 6.07) is 0. The molecule has 9 N–H and O–H groups in total. The third-order valence-electron chi connectivity index (χ3n) is 13.6.